The molecule has 1 unspecified atom stereocenters. The van der Waals surface area contributed by atoms with Gasteiger partial charge in [0.25, 0.3) is 0 Å². The van der Waals surface area contributed by atoms with Gasteiger partial charge in [-0.3, -0.25) is 9.69 Å². The lowest BCUT2D eigenvalue weighted by Gasteiger charge is -2.35. The van der Waals surface area contributed by atoms with Gasteiger partial charge in [-0.05, 0) is 17.7 Å². The first-order valence-corrected chi connectivity index (χ1v) is 6.73. The summed E-state index contributed by atoms with van der Waals surface area (Å²) in [5.41, 5.74) is 2.05. The quantitative estimate of drug-likeness (QED) is 0.844. The van der Waals surface area contributed by atoms with Crippen molar-refractivity contribution in [2.45, 2.75) is 13.5 Å². The standard InChI is InChI=1S/C15H21N3O2/c1-11-9-17(4)15(20)18(14(11)19)10-12-5-7-13(8-6-12)16(2)3/h5-8,11H,9-10H2,1-4H3. The first-order valence-electron chi connectivity index (χ1n) is 6.73. The lowest BCUT2D eigenvalue weighted by Crippen LogP contribution is -2.54. The summed E-state index contributed by atoms with van der Waals surface area (Å²) in [7, 11) is 5.68. The molecule has 108 valence electrons. The third-order valence-corrected chi connectivity index (χ3v) is 3.59. The molecule has 3 amide bonds. The molecule has 0 bridgehead atoms. The van der Waals surface area contributed by atoms with Crippen molar-refractivity contribution in [1.82, 2.24) is 9.80 Å². The molecule has 1 fully saturated rings. The third-order valence-electron chi connectivity index (χ3n) is 3.59. The number of urea groups is 1. The van der Waals surface area contributed by atoms with Gasteiger partial charge in [-0.1, -0.05) is 19.1 Å². The fraction of sp³-hybridized carbons (Fsp3) is 0.467. The van der Waals surface area contributed by atoms with Crippen molar-refractivity contribution >= 4 is 17.6 Å². The largest absolute Gasteiger partial charge is 0.378 e. The molecule has 1 aromatic rings. The first-order chi connectivity index (χ1) is 9.40. The van der Waals surface area contributed by atoms with Gasteiger partial charge in [-0.2, -0.15) is 0 Å². The monoisotopic (exact) mass is 275 g/mol. The number of rotatable bonds is 3. The Hall–Kier alpha value is -2.04. The van der Waals surface area contributed by atoms with Gasteiger partial charge in [0.15, 0.2) is 0 Å². The van der Waals surface area contributed by atoms with Gasteiger partial charge in [0.05, 0.1) is 12.5 Å². The van der Waals surface area contributed by atoms with Crippen molar-refractivity contribution in [2.24, 2.45) is 5.92 Å². The zero-order valence-corrected chi connectivity index (χ0v) is 12.5. The van der Waals surface area contributed by atoms with Crippen molar-refractivity contribution in [2.75, 3.05) is 32.6 Å². The van der Waals surface area contributed by atoms with E-state index in [-0.39, 0.29) is 17.9 Å². The molecule has 1 aliphatic rings. The zero-order valence-electron chi connectivity index (χ0n) is 12.5. The van der Waals surface area contributed by atoms with E-state index in [1.807, 2.05) is 50.2 Å². The lowest BCUT2D eigenvalue weighted by atomic mass is 10.1. The summed E-state index contributed by atoms with van der Waals surface area (Å²) in [6, 6.07) is 7.66. The number of benzene rings is 1. The number of carbonyl (C=O) groups excluding carboxylic acids is 2. The highest BCUT2D eigenvalue weighted by Gasteiger charge is 2.34. The normalized spacial score (nSPS) is 19.5. The number of carbonyl (C=O) groups is 2. The SMILES string of the molecule is CC1CN(C)C(=O)N(Cc2ccc(N(C)C)cc2)C1=O. The van der Waals surface area contributed by atoms with E-state index in [0.29, 0.717) is 13.1 Å². The summed E-state index contributed by atoms with van der Waals surface area (Å²) in [5, 5.41) is 0. The van der Waals surface area contributed by atoms with E-state index < -0.39 is 0 Å². The lowest BCUT2D eigenvalue weighted by molar-refractivity contribution is -0.135. The van der Waals surface area contributed by atoms with Crippen molar-refractivity contribution < 1.29 is 9.59 Å². The molecule has 2 rings (SSSR count). The molecule has 0 radical (unpaired) electrons. The average molecular weight is 275 g/mol. The van der Waals surface area contributed by atoms with Crippen LogP contribution in [-0.4, -0.2) is 49.4 Å². The van der Waals surface area contributed by atoms with E-state index in [4.69, 9.17) is 0 Å². The van der Waals surface area contributed by atoms with Crippen LogP contribution < -0.4 is 4.90 Å². The van der Waals surface area contributed by atoms with Gasteiger partial charge in [0.1, 0.15) is 0 Å². The molecule has 1 atom stereocenters. The molecule has 1 heterocycles. The van der Waals surface area contributed by atoms with Crippen LogP contribution in [0.1, 0.15) is 12.5 Å². The Morgan fingerprint density at radius 3 is 2.35 bits per heavy atom. The Morgan fingerprint density at radius 2 is 1.80 bits per heavy atom. The Kier molecular flexibility index (Phi) is 3.97. The molecule has 1 aliphatic heterocycles. The zero-order chi connectivity index (χ0) is 14.9. The van der Waals surface area contributed by atoms with Gasteiger partial charge in [0, 0.05) is 33.4 Å². The Morgan fingerprint density at radius 1 is 1.20 bits per heavy atom. The number of amides is 3. The number of imide groups is 1. The average Bonchev–Trinajstić information content (AvgIpc) is 2.42. The molecule has 5 nitrogen and oxygen atoms in total. The van der Waals surface area contributed by atoms with Gasteiger partial charge in [-0.15, -0.1) is 0 Å². The fourth-order valence-electron chi connectivity index (χ4n) is 2.36. The minimum atomic E-state index is -0.218. The van der Waals surface area contributed by atoms with Crippen molar-refractivity contribution in [3.05, 3.63) is 29.8 Å². The van der Waals surface area contributed by atoms with Crippen LogP contribution in [0, 0.1) is 5.92 Å². The van der Waals surface area contributed by atoms with E-state index in [0.717, 1.165) is 11.3 Å². The van der Waals surface area contributed by atoms with Crippen LogP contribution in [0.3, 0.4) is 0 Å². The van der Waals surface area contributed by atoms with Crippen LogP contribution >= 0.6 is 0 Å². The maximum Gasteiger partial charge on any atom is 0.326 e. The van der Waals surface area contributed by atoms with Crippen LogP contribution in [-0.2, 0) is 11.3 Å². The molecular formula is C15H21N3O2. The second-order valence-electron chi connectivity index (χ2n) is 5.55. The highest BCUT2D eigenvalue weighted by atomic mass is 16.2. The predicted octanol–water partition coefficient (Wildman–Crippen LogP) is 1.78. The maximum atomic E-state index is 12.1. The molecule has 0 aliphatic carbocycles. The summed E-state index contributed by atoms with van der Waals surface area (Å²) in [6.45, 7) is 2.68. The maximum absolute atomic E-state index is 12.1. The molecule has 0 spiro atoms. The molecule has 1 saturated heterocycles. The summed E-state index contributed by atoms with van der Waals surface area (Å²) < 4.78 is 0. The van der Waals surface area contributed by atoms with Gasteiger partial charge in [0.2, 0.25) is 5.91 Å². The molecule has 20 heavy (non-hydrogen) atoms. The van der Waals surface area contributed by atoms with E-state index in [9.17, 15) is 9.59 Å². The topological polar surface area (TPSA) is 43.9 Å². The smallest absolute Gasteiger partial charge is 0.326 e. The second kappa shape index (κ2) is 5.53. The van der Waals surface area contributed by atoms with Crippen LogP contribution in [0.4, 0.5) is 10.5 Å². The van der Waals surface area contributed by atoms with Crippen LogP contribution in [0.25, 0.3) is 0 Å². The Balaban J connectivity index is 2.15. The third kappa shape index (κ3) is 2.76. The summed E-state index contributed by atoms with van der Waals surface area (Å²) >= 11 is 0. The van der Waals surface area contributed by atoms with Crippen LogP contribution in [0.15, 0.2) is 24.3 Å². The van der Waals surface area contributed by atoms with E-state index in [2.05, 4.69) is 0 Å². The summed E-state index contributed by atoms with van der Waals surface area (Å²) in [4.78, 5) is 29.2. The number of hydrogen-bond donors (Lipinski definition) is 0. The Bertz CT molecular complexity index is 490. The van der Waals surface area contributed by atoms with Gasteiger partial charge in [-0.25, -0.2) is 4.79 Å². The molecule has 0 N–H and O–H groups in total. The Labute approximate surface area is 119 Å². The summed E-state index contributed by atoms with van der Waals surface area (Å²) in [5.74, 6) is -0.233. The molecule has 0 saturated carbocycles. The van der Waals surface area contributed by atoms with E-state index in [1.165, 1.54) is 4.90 Å². The van der Waals surface area contributed by atoms with E-state index >= 15 is 0 Å². The number of anilines is 1. The molecule has 0 aromatic heterocycles. The number of nitrogens with zero attached hydrogens (tertiary/aromatic N) is 3. The van der Waals surface area contributed by atoms with E-state index in [1.54, 1.807) is 11.9 Å². The van der Waals surface area contributed by atoms with Gasteiger partial charge < -0.3 is 9.80 Å². The minimum Gasteiger partial charge on any atom is -0.378 e. The first kappa shape index (κ1) is 14.4. The minimum absolute atomic E-state index is 0.0928. The van der Waals surface area contributed by atoms with Crippen molar-refractivity contribution in [3.8, 4) is 0 Å². The van der Waals surface area contributed by atoms with Crippen LogP contribution in [0.2, 0.25) is 0 Å². The fourth-order valence-corrected chi connectivity index (χ4v) is 2.36. The molecule has 5 heteroatoms. The molecular weight excluding hydrogens is 254 g/mol. The summed E-state index contributed by atoms with van der Waals surface area (Å²) in [6.07, 6.45) is 0. The highest BCUT2D eigenvalue weighted by Crippen LogP contribution is 2.19. The van der Waals surface area contributed by atoms with Crippen molar-refractivity contribution in [3.63, 3.8) is 0 Å². The number of hydrogen-bond acceptors (Lipinski definition) is 3. The predicted molar refractivity (Wildman–Crippen MR) is 78.5 cm³/mol. The van der Waals surface area contributed by atoms with Crippen LogP contribution in [0.5, 0.6) is 0 Å². The molecule has 1 aromatic carbocycles. The highest BCUT2D eigenvalue weighted by molar-refractivity contribution is 5.97. The second-order valence-corrected chi connectivity index (χ2v) is 5.55. The van der Waals surface area contributed by atoms with Gasteiger partial charge >= 0.3 is 6.03 Å². The van der Waals surface area contributed by atoms with Crippen molar-refractivity contribution in [1.29, 1.82) is 0 Å².